The number of ether oxygens (including phenoxy) is 1. The van der Waals surface area contributed by atoms with Gasteiger partial charge in [0.2, 0.25) is 0 Å². The Morgan fingerprint density at radius 1 is 1.26 bits per heavy atom. The molecular weight excluding hydrogens is 411 g/mol. The van der Waals surface area contributed by atoms with E-state index < -0.39 is 0 Å². The second-order valence-corrected chi connectivity index (χ2v) is 9.26. The number of rotatable bonds is 9. The van der Waals surface area contributed by atoms with Crippen LogP contribution in [0.4, 0.5) is 4.39 Å². The summed E-state index contributed by atoms with van der Waals surface area (Å²) < 4.78 is 21.4. The number of hydrogen-bond donors (Lipinski definition) is 0. The Bertz CT molecular complexity index is 1110. The molecule has 1 aromatic heterocycles. The summed E-state index contributed by atoms with van der Waals surface area (Å²) in [5.74, 6) is 2.61. The number of aromatic nitrogens is 2. The monoisotopic (exact) mass is 438 g/mol. The maximum atomic E-state index is 13.8. The Kier molecular flexibility index (Phi) is 6.76. The molecule has 6 heteroatoms. The first-order valence-electron chi connectivity index (χ1n) is 10.7. The van der Waals surface area contributed by atoms with Crippen molar-refractivity contribution in [2.75, 3.05) is 12.4 Å². The van der Waals surface area contributed by atoms with E-state index in [0.29, 0.717) is 28.7 Å². The van der Waals surface area contributed by atoms with Crippen LogP contribution in [0.25, 0.3) is 5.69 Å². The maximum Gasteiger partial charge on any atom is 0.287 e. The molecule has 0 radical (unpaired) electrons. The van der Waals surface area contributed by atoms with Gasteiger partial charge in [0.15, 0.2) is 5.03 Å². The van der Waals surface area contributed by atoms with Crippen LogP contribution in [0.15, 0.2) is 64.7 Å². The van der Waals surface area contributed by atoms with Crippen LogP contribution in [0.1, 0.15) is 30.9 Å². The molecule has 1 heterocycles. The minimum atomic E-state index is -0.217. The zero-order chi connectivity index (χ0) is 21.8. The van der Waals surface area contributed by atoms with Crippen molar-refractivity contribution in [1.29, 1.82) is 0 Å². The number of benzene rings is 2. The average Bonchev–Trinajstić information content (AvgIpc) is 3.61. The van der Waals surface area contributed by atoms with E-state index >= 15 is 0 Å². The van der Waals surface area contributed by atoms with E-state index in [9.17, 15) is 9.18 Å². The molecule has 1 saturated carbocycles. The molecule has 0 N–H and O–H groups in total. The highest BCUT2D eigenvalue weighted by Gasteiger charge is 2.28. The number of aryl methyl sites for hydroxylation is 2. The van der Waals surface area contributed by atoms with Crippen LogP contribution in [-0.2, 0) is 6.42 Å². The number of halogens is 1. The predicted octanol–water partition coefficient (Wildman–Crippen LogP) is 5.44. The van der Waals surface area contributed by atoms with Crippen molar-refractivity contribution in [2.24, 2.45) is 11.8 Å². The zero-order valence-corrected chi connectivity index (χ0v) is 18.7. The van der Waals surface area contributed by atoms with E-state index in [1.54, 1.807) is 29.1 Å². The smallest absolute Gasteiger partial charge is 0.287 e. The second-order valence-electron chi connectivity index (χ2n) is 8.17. The zero-order valence-electron chi connectivity index (χ0n) is 17.9. The van der Waals surface area contributed by atoms with Gasteiger partial charge in [-0.1, -0.05) is 25.1 Å². The first kappa shape index (κ1) is 21.6. The lowest BCUT2D eigenvalue weighted by Crippen LogP contribution is -2.20. The summed E-state index contributed by atoms with van der Waals surface area (Å²) in [5.41, 5.74) is 2.26. The number of thioether (sulfide) groups is 1. The van der Waals surface area contributed by atoms with Crippen LogP contribution in [0, 0.1) is 24.6 Å². The van der Waals surface area contributed by atoms with Crippen molar-refractivity contribution < 1.29 is 9.13 Å². The third kappa shape index (κ3) is 5.37. The highest BCUT2D eigenvalue weighted by Crippen LogP contribution is 2.37. The van der Waals surface area contributed by atoms with Gasteiger partial charge in [-0.2, -0.15) is 0 Å². The Balaban J connectivity index is 1.44. The summed E-state index contributed by atoms with van der Waals surface area (Å²) in [5, 5.41) is 0.412. The minimum Gasteiger partial charge on any atom is -0.493 e. The van der Waals surface area contributed by atoms with Crippen molar-refractivity contribution in [3.05, 3.63) is 82.2 Å². The summed E-state index contributed by atoms with van der Waals surface area (Å²) in [7, 11) is 0. The fourth-order valence-corrected chi connectivity index (χ4v) is 4.50. The molecule has 31 heavy (non-hydrogen) atoms. The molecule has 1 unspecified atom stereocenters. The SMILES string of the molecule is Cc1cc(-n2ccnc(SCCc3ccccc3F)c2=O)ccc1OCC(C)C1CC1. The summed E-state index contributed by atoms with van der Waals surface area (Å²) in [6.45, 7) is 4.96. The molecule has 2 aromatic carbocycles. The van der Waals surface area contributed by atoms with Crippen molar-refractivity contribution >= 4 is 11.8 Å². The maximum absolute atomic E-state index is 13.8. The molecule has 1 atom stereocenters. The molecule has 4 nitrogen and oxygen atoms in total. The average molecular weight is 439 g/mol. The highest BCUT2D eigenvalue weighted by atomic mass is 32.2. The van der Waals surface area contributed by atoms with E-state index in [4.69, 9.17) is 4.74 Å². The molecule has 1 aliphatic carbocycles. The highest BCUT2D eigenvalue weighted by molar-refractivity contribution is 7.99. The van der Waals surface area contributed by atoms with Crippen molar-refractivity contribution in [3.8, 4) is 11.4 Å². The molecule has 1 fully saturated rings. The van der Waals surface area contributed by atoms with Gasteiger partial charge in [-0.3, -0.25) is 9.36 Å². The van der Waals surface area contributed by atoms with Gasteiger partial charge in [-0.25, -0.2) is 9.37 Å². The minimum absolute atomic E-state index is 0.170. The molecule has 1 aliphatic rings. The van der Waals surface area contributed by atoms with Gasteiger partial charge in [-0.05, 0) is 73.4 Å². The van der Waals surface area contributed by atoms with Gasteiger partial charge in [-0.15, -0.1) is 11.8 Å². The van der Waals surface area contributed by atoms with Crippen molar-refractivity contribution in [3.63, 3.8) is 0 Å². The number of hydrogen-bond acceptors (Lipinski definition) is 4. The van der Waals surface area contributed by atoms with E-state index in [2.05, 4.69) is 11.9 Å². The number of nitrogens with zero attached hydrogens (tertiary/aromatic N) is 2. The van der Waals surface area contributed by atoms with Gasteiger partial charge in [0.1, 0.15) is 11.6 Å². The van der Waals surface area contributed by atoms with Gasteiger partial charge < -0.3 is 4.74 Å². The lowest BCUT2D eigenvalue weighted by atomic mass is 10.1. The molecule has 0 saturated heterocycles. The van der Waals surface area contributed by atoms with Crippen LogP contribution >= 0.6 is 11.8 Å². The normalized spacial score (nSPS) is 14.4. The molecule has 0 aliphatic heterocycles. The third-order valence-corrected chi connectivity index (χ3v) is 6.70. The largest absolute Gasteiger partial charge is 0.493 e. The Morgan fingerprint density at radius 3 is 2.81 bits per heavy atom. The molecule has 4 rings (SSSR count). The molecule has 162 valence electrons. The topological polar surface area (TPSA) is 44.1 Å². The van der Waals surface area contributed by atoms with Crippen LogP contribution in [0.5, 0.6) is 5.75 Å². The first-order valence-corrected chi connectivity index (χ1v) is 11.7. The lowest BCUT2D eigenvalue weighted by Gasteiger charge is -2.15. The van der Waals surface area contributed by atoms with Crippen molar-refractivity contribution in [1.82, 2.24) is 9.55 Å². The van der Waals surface area contributed by atoms with Crippen LogP contribution in [0.3, 0.4) is 0 Å². The molecular formula is C25H27FN2O2S. The molecule has 3 aromatic rings. The second kappa shape index (κ2) is 9.69. The van der Waals surface area contributed by atoms with Crippen LogP contribution in [-0.4, -0.2) is 21.9 Å². The summed E-state index contributed by atoms with van der Waals surface area (Å²) >= 11 is 1.35. The van der Waals surface area contributed by atoms with E-state index in [0.717, 1.165) is 29.5 Å². The quantitative estimate of drug-likeness (QED) is 0.417. The Hall–Kier alpha value is -2.60. The summed E-state index contributed by atoms with van der Waals surface area (Å²) in [6, 6.07) is 12.5. The van der Waals surface area contributed by atoms with E-state index in [1.165, 1.54) is 30.7 Å². The molecule has 0 bridgehead atoms. The van der Waals surface area contributed by atoms with Crippen LogP contribution in [0.2, 0.25) is 0 Å². The molecule has 0 amide bonds. The van der Waals surface area contributed by atoms with Gasteiger partial charge in [0.25, 0.3) is 5.56 Å². The summed E-state index contributed by atoms with van der Waals surface area (Å²) in [4.78, 5) is 17.2. The van der Waals surface area contributed by atoms with Gasteiger partial charge in [0, 0.05) is 23.8 Å². The van der Waals surface area contributed by atoms with Gasteiger partial charge in [0.05, 0.1) is 6.61 Å². The molecule has 0 spiro atoms. The Morgan fingerprint density at radius 2 is 2.06 bits per heavy atom. The fourth-order valence-electron chi connectivity index (χ4n) is 3.62. The van der Waals surface area contributed by atoms with E-state index in [-0.39, 0.29) is 11.4 Å². The Labute approximate surface area is 186 Å². The van der Waals surface area contributed by atoms with Crippen molar-refractivity contribution in [2.45, 2.75) is 38.1 Å². The summed E-state index contributed by atoms with van der Waals surface area (Å²) in [6.07, 6.45) is 6.47. The first-order chi connectivity index (χ1) is 15.0. The standard InChI is InChI=1S/C25H27FN2O2S/c1-17-15-21(9-10-23(17)30-16-18(2)19-7-8-19)28-13-12-27-24(25(28)29)31-14-11-20-5-3-4-6-22(20)26/h3-6,9-10,12-13,15,18-19H,7-8,11,14,16H2,1-2H3. The fraction of sp³-hybridized carbons (Fsp3) is 0.360. The third-order valence-electron chi connectivity index (χ3n) is 5.74. The van der Waals surface area contributed by atoms with Gasteiger partial charge >= 0.3 is 0 Å². The van der Waals surface area contributed by atoms with Crippen LogP contribution < -0.4 is 10.3 Å². The van der Waals surface area contributed by atoms with E-state index in [1.807, 2.05) is 31.2 Å². The predicted molar refractivity (Wildman–Crippen MR) is 123 cm³/mol. The lowest BCUT2D eigenvalue weighted by molar-refractivity contribution is 0.243.